The summed E-state index contributed by atoms with van der Waals surface area (Å²) in [4.78, 5) is 11.8. The number of carbonyl (C=O) groups excluding carboxylic acids is 1. The molecule has 1 saturated heterocycles. The molecule has 4 aliphatic rings. The van der Waals surface area contributed by atoms with Crippen molar-refractivity contribution in [3.05, 3.63) is 82.9 Å². The van der Waals surface area contributed by atoms with Crippen molar-refractivity contribution in [3.63, 3.8) is 0 Å². The molecular weight excluding hydrogens is 300 g/mol. The Balaban J connectivity index is 1.73. The smallest absolute Gasteiger partial charge is 0.426 e. The van der Waals surface area contributed by atoms with Crippen LogP contribution in [0.4, 0.5) is 4.79 Å². The van der Waals surface area contributed by atoms with Crippen LogP contribution < -0.4 is 0 Å². The third kappa shape index (κ3) is 1.37. The molecule has 0 spiro atoms. The van der Waals surface area contributed by atoms with Gasteiger partial charge in [0.2, 0.25) is 0 Å². The van der Waals surface area contributed by atoms with Gasteiger partial charge in [-0.2, -0.15) is 0 Å². The number of benzene rings is 3. The van der Waals surface area contributed by atoms with Gasteiger partial charge in [-0.05, 0) is 33.0 Å². The fourth-order valence-corrected chi connectivity index (χ4v) is 4.93. The van der Waals surface area contributed by atoms with E-state index in [0.717, 1.165) is 0 Å². The lowest BCUT2D eigenvalue weighted by atomic mass is 9.60. The summed E-state index contributed by atoms with van der Waals surface area (Å²) in [6.45, 7) is 0. The first-order chi connectivity index (χ1) is 11.8. The standard InChI is InChI=1S/C21H14O3/c22-21-23-19-17-13-7-3-4-8-14(13)18(20(19)24-21)16-12-6-2-1-5-11(12)9-10-15(16)17/h1-10,17-20H/t17-,18+,19-,20-/m1/s1. The summed E-state index contributed by atoms with van der Waals surface area (Å²) in [7, 11) is 0. The van der Waals surface area contributed by atoms with E-state index >= 15 is 0 Å². The van der Waals surface area contributed by atoms with Crippen molar-refractivity contribution >= 4 is 16.9 Å². The number of hydrogen-bond donors (Lipinski definition) is 0. The molecule has 3 nitrogen and oxygen atoms in total. The highest BCUT2D eigenvalue weighted by Crippen LogP contribution is 2.57. The summed E-state index contributed by atoms with van der Waals surface area (Å²) >= 11 is 0. The van der Waals surface area contributed by atoms with Crippen molar-refractivity contribution in [2.45, 2.75) is 24.0 Å². The second-order valence-corrected chi connectivity index (χ2v) is 6.79. The fraction of sp³-hybridized carbons (Fsp3) is 0.190. The van der Waals surface area contributed by atoms with Gasteiger partial charge in [-0.25, -0.2) is 4.79 Å². The lowest BCUT2D eigenvalue weighted by Crippen LogP contribution is -2.45. The quantitative estimate of drug-likeness (QED) is 0.579. The molecule has 3 heteroatoms. The highest BCUT2D eigenvalue weighted by molar-refractivity contribution is 5.90. The zero-order valence-electron chi connectivity index (χ0n) is 12.8. The van der Waals surface area contributed by atoms with Crippen molar-refractivity contribution in [1.29, 1.82) is 0 Å². The SMILES string of the molecule is O=C1O[C@@H]2[C@@H]3c4ccccc4[C@@H](c4c3ccc3ccccc43)[C@H]2O1. The average molecular weight is 314 g/mol. The van der Waals surface area contributed by atoms with Crippen LogP contribution in [0.1, 0.15) is 34.1 Å². The Hall–Kier alpha value is -2.81. The van der Waals surface area contributed by atoms with Crippen molar-refractivity contribution in [2.24, 2.45) is 0 Å². The van der Waals surface area contributed by atoms with Crippen molar-refractivity contribution in [2.75, 3.05) is 0 Å². The second kappa shape index (κ2) is 4.18. The Morgan fingerprint density at radius 3 is 2.17 bits per heavy atom. The Kier molecular flexibility index (Phi) is 2.19. The van der Waals surface area contributed by atoms with Crippen LogP contribution in [0.5, 0.6) is 0 Å². The summed E-state index contributed by atoms with van der Waals surface area (Å²) < 4.78 is 11.2. The van der Waals surface area contributed by atoms with Gasteiger partial charge in [0.1, 0.15) is 0 Å². The van der Waals surface area contributed by atoms with Crippen molar-refractivity contribution < 1.29 is 14.3 Å². The topological polar surface area (TPSA) is 35.5 Å². The molecule has 0 N–H and O–H groups in total. The Morgan fingerprint density at radius 1 is 0.667 bits per heavy atom. The Bertz CT molecular complexity index is 1020. The van der Waals surface area contributed by atoms with E-state index in [-0.39, 0.29) is 24.0 Å². The van der Waals surface area contributed by atoms with Gasteiger partial charge in [0.25, 0.3) is 0 Å². The van der Waals surface area contributed by atoms with Gasteiger partial charge in [0, 0.05) is 0 Å². The lowest BCUT2D eigenvalue weighted by molar-refractivity contribution is 0.104. The van der Waals surface area contributed by atoms with Crippen LogP contribution in [-0.4, -0.2) is 18.4 Å². The molecule has 0 radical (unpaired) electrons. The van der Waals surface area contributed by atoms with E-state index in [0.29, 0.717) is 0 Å². The number of ether oxygens (including phenoxy) is 2. The minimum atomic E-state index is -0.537. The molecule has 0 unspecified atom stereocenters. The maximum atomic E-state index is 11.8. The van der Waals surface area contributed by atoms with E-state index in [1.54, 1.807) is 0 Å². The lowest BCUT2D eigenvalue weighted by Gasteiger charge is -2.45. The molecule has 0 aromatic heterocycles. The van der Waals surface area contributed by atoms with E-state index in [2.05, 4.69) is 60.7 Å². The maximum Gasteiger partial charge on any atom is 0.509 e. The van der Waals surface area contributed by atoms with E-state index < -0.39 is 6.16 Å². The molecule has 3 aliphatic carbocycles. The molecular formula is C21H14O3. The molecule has 4 atom stereocenters. The largest absolute Gasteiger partial charge is 0.509 e. The number of rotatable bonds is 0. The van der Waals surface area contributed by atoms with Crippen LogP contribution in [0, 0.1) is 0 Å². The number of hydrogen-bond acceptors (Lipinski definition) is 3. The Morgan fingerprint density at radius 2 is 1.33 bits per heavy atom. The monoisotopic (exact) mass is 314 g/mol. The first-order valence-electron chi connectivity index (χ1n) is 8.30. The molecule has 7 rings (SSSR count). The average Bonchev–Trinajstić information content (AvgIpc) is 3.02. The molecule has 1 heterocycles. The van der Waals surface area contributed by atoms with E-state index in [4.69, 9.17) is 9.47 Å². The molecule has 0 amide bonds. The molecule has 0 saturated carbocycles. The molecule has 1 aliphatic heterocycles. The molecule has 3 aromatic carbocycles. The zero-order valence-corrected chi connectivity index (χ0v) is 12.8. The molecule has 1 fully saturated rings. The van der Waals surface area contributed by atoms with Gasteiger partial charge < -0.3 is 9.47 Å². The molecule has 2 bridgehead atoms. The maximum absolute atomic E-state index is 11.8. The normalized spacial score (nSPS) is 28.8. The minimum Gasteiger partial charge on any atom is -0.426 e. The van der Waals surface area contributed by atoms with Crippen LogP contribution in [0.3, 0.4) is 0 Å². The number of carbonyl (C=O) groups is 1. The van der Waals surface area contributed by atoms with Crippen LogP contribution in [0.15, 0.2) is 60.7 Å². The summed E-state index contributed by atoms with van der Waals surface area (Å²) in [5.41, 5.74) is 5.11. The third-order valence-electron chi connectivity index (χ3n) is 5.76. The van der Waals surface area contributed by atoms with Crippen LogP contribution >= 0.6 is 0 Å². The zero-order chi connectivity index (χ0) is 15.8. The predicted octanol–water partition coefficient (Wildman–Crippen LogP) is 4.33. The third-order valence-corrected chi connectivity index (χ3v) is 5.76. The Labute approximate surface area is 138 Å². The summed E-state index contributed by atoms with van der Waals surface area (Å²) in [6, 6.07) is 21.3. The van der Waals surface area contributed by atoms with Gasteiger partial charge in [0.05, 0.1) is 11.8 Å². The van der Waals surface area contributed by atoms with Gasteiger partial charge in [-0.15, -0.1) is 0 Å². The summed E-state index contributed by atoms with van der Waals surface area (Å²) in [6.07, 6.45) is -0.980. The van der Waals surface area contributed by atoms with Crippen LogP contribution in [0.2, 0.25) is 0 Å². The van der Waals surface area contributed by atoms with Crippen molar-refractivity contribution in [1.82, 2.24) is 0 Å². The van der Waals surface area contributed by atoms with Gasteiger partial charge in [-0.3, -0.25) is 0 Å². The van der Waals surface area contributed by atoms with Crippen molar-refractivity contribution in [3.8, 4) is 0 Å². The fourth-order valence-electron chi connectivity index (χ4n) is 4.93. The van der Waals surface area contributed by atoms with Gasteiger partial charge in [0.15, 0.2) is 12.2 Å². The van der Waals surface area contributed by atoms with Gasteiger partial charge >= 0.3 is 6.16 Å². The minimum absolute atomic E-state index is 0.0451. The molecule has 3 aromatic rings. The van der Waals surface area contributed by atoms with Gasteiger partial charge in [-0.1, -0.05) is 60.7 Å². The summed E-state index contributed by atoms with van der Waals surface area (Å²) in [5, 5.41) is 2.48. The first kappa shape index (κ1) is 12.6. The first-order valence-corrected chi connectivity index (χ1v) is 8.30. The second-order valence-electron chi connectivity index (χ2n) is 6.79. The molecule has 24 heavy (non-hydrogen) atoms. The van der Waals surface area contributed by atoms with E-state index in [9.17, 15) is 4.79 Å². The van der Waals surface area contributed by atoms with E-state index in [1.807, 2.05) is 0 Å². The molecule has 116 valence electrons. The number of fused-ring (bicyclic) bond motifs is 1. The highest BCUT2D eigenvalue weighted by Gasteiger charge is 2.57. The summed E-state index contributed by atoms with van der Waals surface area (Å²) in [5.74, 6) is 0.103. The van der Waals surface area contributed by atoms with Crippen LogP contribution in [-0.2, 0) is 9.47 Å². The predicted molar refractivity (Wildman–Crippen MR) is 89.2 cm³/mol. The highest BCUT2D eigenvalue weighted by atomic mass is 16.8. The van der Waals surface area contributed by atoms with Crippen LogP contribution in [0.25, 0.3) is 10.8 Å². The van der Waals surface area contributed by atoms with E-state index in [1.165, 1.54) is 33.0 Å².